The molecule has 0 radical (unpaired) electrons. The van der Waals surface area contributed by atoms with E-state index in [4.69, 9.17) is 4.74 Å². The lowest BCUT2D eigenvalue weighted by Crippen LogP contribution is -2.30. The summed E-state index contributed by atoms with van der Waals surface area (Å²) in [5, 5.41) is 7.81. The molecule has 0 aliphatic heterocycles. The molecule has 0 fully saturated rings. The van der Waals surface area contributed by atoms with Crippen LogP contribution >= 0.6 is 0 Å². The highest BCUT2D eigenvalue weighted by Crippen LogP contribution is 2.17. The Labute approximate surface area is 176 Å². The van der Waals surface area contributed by atoms with Crippen molar-refractivity contribution in [2.45, 2.75) is 46.1 Å². The van der Waals surface area contributed by atoms with Crippen LogP contribution in [-0.2, 0) is 16.0 Å². The highest BCUT2D eigenvalue weighted by Gasteiger charge is 2.14. The third-order valence-corrected chi connectivity index (χ3v) is 4.87. The number of benzene rings is 1. The molecule has 7 nitrogen and oxygen atoms in total. The summed E-state index contributed by atoms with van der Waals surface area (Å²) in [5.41, 5.74) is 3.45. The van der Waals surface area contributed by atoms with Gasteiger partial charge in [-0.3, -0.25) is 4.79 Å². The summed E-state index contributed by atoms with van der Waals surface area (Å²) >= 11 is 0. The molecule has 0 saturated carbocycles. The van der Waals surface area contributed by atoms with E-state index in [1.807, 2.05) is 13.8 Å². The first-order valence-corrected chi connectivity index (χ1v) is 10.2. The highest BCUT2D eigenvalue weighted by molar-refractivity contribution is 5.94. The van der Waals surface area contributed by atoms with Gasteiger partial charge >= 0.3 is 5.97 Å². The maximum Gasteiger partial charge on any atom is 0.340 e. The number of nitrogens with zero attached hydrogens (tertiary/aromatic N) is 3. The fourth-order valence-electron chi connectivity index (χ4n) is 3.11. The number of fused-ring (bicyclic) bond motifs is 1. The molecule has 0 aliphatic rings. The van der Waals surface area contributed by atoms with Crippen molar-refractivity contribution in [2.75, 3.05) is 13.2 Å². The van der Waals surface area contributed by atoms with Crippen LogP contribution in [0, 0.1) is 0 Å². The zero-order valence-electron chi connectivity index (χ0n) is 17.9. The summed E-state index contributed by atoms with van der Waals surface area (Å²) < 4.78 is 6.91. The molecule has 1 aromatic carbocycles. The monoisotopic (exact) mass is 408 g/mol. The number of nitrogens with one attached hydrogen (secondary N) is 1. The number of pyridine rings is 1. The fourth-order valence-corrected chi connectivity index (χ4v) is 3.11. The maximum absolute atomic E-state index is 12.2. The number of ether oxygens (including phenoxy) is 1. The first kappa shape index (κ1) is 21.5. The van der Waals surface area contributed by atoms with Crippen molar-refractivity contribution in [3.05, 3.63) is 59.4 Å². The van der Waals surface area contributed by atoms with E-state index in [2.05, 4.69) is 53.5 Å². The van der Waals surface area contributed by atoms with E-state index >= 15 is 0 Å². The van der Waals surface area contributed by atoms with Gasteiger partial charge in [-0.1, -0.05) is 38.1 Å². The van der Waals surface area contributed by atoms with Gasteiger partial charge in [-0.15, -0.1) is 0 Å². The van der Waals surface area contributed by atoms with Crippen LogP contribution in [0.3, 0.4) is 0 Å². The van der Waals surface area contributed by atoms with Crippen molar-refractivity contribution in [2.24, 2.45) is 0 Å². The van der Waals surface area contributed by atoms with Gasteiger partial charge in [0, 0.05) is 24.2 Å². The second-order valence-electron chi connectivity index (χ2n) is 7.89. The van der Waals surface area contributed by atoms with Crippen LogP contribution < -0.4 is 5.32 Å². The number of amides is 1. The van der Waals surface area contributed by atoms with Crippen LogP contribution in [0.1, 0.15) is 61.1 Å². The van der Waals surface area contributed by atoms with Crippen LogP contribution in [0.15, 0.2) is 42.7 Å². The van der Waals surface area contributed by atoms with Crippen molar-refractivity contribution in [3.8, 4) is 0 Å². The third-order valence-electron chi connectivity index (χ3n) is 4.87. The van der Waals surface area contributed by atoms with Gasteiger partial charge in [0.25, 0.3) is 5.91 Å². The molecule has 30 heavy (non-hydrogen) atoms. The summed E-state index contributed by atoms with van der Waals surface area (Å²) in [5.74, 6) is -0.416. The van der Waals surface area contributed by atoms with Crippen molar-refractivity contribution in [3.63, 3.8) is 0 Å². The molecule has 7 heteroatoms. The van der Waals surface area contributed by atoms with Crippen LogP contribution in [0.25, 0.3) is 11.0 Å². The van der Waals surface area contributed by atoms with Gasteiger partial charge in [-0.2, -0.15) is 5.10 Å². The normalized spacial score (nSPS) is 11.3. The highest BCUT2D eigenvalue weighted by atomic mass is 16.5. The quantitative estimate of drug-likeness (QED) is 0.575. The molecule has 3 aromatic rings. The topological polar surface area (TPSA) is 86.1 Å². The Morgan fingerprint density at radius 2 is 1.83 bits per heavy atom. The van der Waals surface area contributed by atoms with Gasteiger partial charge in [0.05, 0.1) is 11.8 Å². The van der Waals surface area contributed by atoms with Crippen molar-refractivity contribution in [1.29, 1.82) is 0 Å². The Hall–Kier alpha value is -3.22. The average molecular weight is 409 g/mol. The van der Waals surface area contributed by atoms with Gasteiger partial charge < -0.3 is 10.1 Å². The standard InChI is InChI=1S/C23H28N4O3/c1-15(2)18-7-5-17(6-8-18)9-10-24-21(28)14-30-23(29)20-11-19-13-26-27(16(3)4)22(19)25-12-20/h5-8,11-13,15-16H,9-10,14H2,1-4H3,(H,24,28). The molecule has 0 saturated heterocycles. The summed E-state index contributed by atoms with van der Waals surface area (Å²) in [6.45, 7) is 8.49. The average Bonchev–Trinajstić information content (AvgIpc) is 3.16. The first-order valence-electron chi connectivity index (χ1n) is 10.2. The lowest BCUT2D eigenvalue weighted by Gasteiger charge is -2.09. The molecule has 0 bridgehead atoms. The summed E-state index contributed by atoms with van der Waals surface area (Å²) in [6.07, 6.45) is 3.84. The predicted molar refractivity (Wildman–Crippen MR) is 115 cm³/mol. The molecule has 1 amide bonds. The minimum absolute atomic E-state index is 0.171. The number of rotatable bonds is 8. The molecule has 2 aromatic heterocycles. The Kier molecular flexibility index (Phi) is 6.82. The van der Waals surface area contributed by atoms with Crippen LogP contribution in [-0.4, -0.2) is 39.8 Å². The molecule has 0 unspecified atom stereocenters. The molecule has 3 rings (SSSR count). The second-order valence-corrected chi connectivity index (χ2v) is 7.89. The molecule has 1 N–H and O–H groups in total. The number of hydrogen-bond acceptors (Lipinski definition) is 5. The van der Waals surface area contributed by atoms with Gasteiger partial charge in [-0.25, -0.2) is 14.5 Å². The van der Waals surface area contributed by atoms with E-state index in [0.717, 1.165) is 17.4 Å². The van der Waals surface area contributed by atoms with E-state index < -0.39 is 5.97 Å². The lowest BCUT2D eigenvalue weighted by molar-refractivity contribution is -0.124. The predicted octanol–water partition coefficient (Wildman–Crippen LogP) is 3.65. The van der Waals surface area contributed by atoms with Gasteiger partial charge in [-0.05, 0) is 43.4 Å². The number of carbonyl (C=O) groups is 2. The van der Waals surface area contributed by atoms with E-state index in [0.29, 0.717) is 23.7 Å². The van der Waals surface area contributed by atoms with Crippen LogP contribution in [0.5, 0.6) is 0 Å². The Morgan fingerprint density at radius 1 is 1.10 bits per heavy atom. The zero-order chi connectivity index (χ0) is 21.7. The molecule has 0 aliphatic carbocycles. The summed E-state index contributed by atoms with van der Waals surface area (Å²) in [6, 6.07) is 10.2. The Bertz CT molecular complexity index is 1020. The smallest absolute Gasteiger partial charge is 0.340 e. The fraction of sp³-hybridized carbons (Fsp3) is 0.391. The second kappa shape index (κ2) is 9.52. The van der Waals surface area contributed by atoms with E-state index in [9.17, 15) is 9.59 Å². The van der Waals surface area contributed by atoms with Crippen LogP contribution in [0.2, 0.25) is 0 Å². The molecular weight excluding hydrogens is 380 g/mol. The minimum atomic E-state index is -0.582. The van der Waals surface area contributed by atoms with E-state index in [1.54, 1.807) is 16.9 Å². The first-order chi connectivity index (χ1) is 14.3. The summed E-state index contributed by atoms with van der Waals surface area (Å²) in [4.78, 5) is 28.5. The van der Waals surface area contributed by atoms with Gasteiger partial charge in [0.15, 0.2) is 12.3 Å². The maximum atomic E-state index is 12.2. The summed E-state index contributed by atoms with van der Waals surface area (Å²) in [7, 11) is 0. The van der Waals surface area contributed by atoms with Crippen LogP contribution in [0.4, 0.5) is 0 Å². The lowest BCUT2D eigenvalue weighted by atomic mass is 10.0. The van der Waals surface area contributed by atoms with E-state index in [1.165, 1.54) is 11.8 Å². The third kappa shape index (κ3) is 5.23. The van der Waals surface area contributed by atoms with Gasteiger partial charge in [0.1, 0.15) is 0 Å². The minimum Gasteiger partial charge on any atom is -0.452 e. The number of carbonyl (C=O) groups excluding carboxylic acids is 2. The number of esters is 1. The molecule has 0 spiro atoms. The molecule has 0 atom stereocenters. The Balaban J connectivity index is 1.46. The van der Waals surface area contributed by atoms with Crippen molar-refractivity contribution in [1.82, 2.24) is 20.1 Å². The van der Waals surface area contributed by atoms with Crippen molar-refractivity contribution < 1.29 is 14.3 Å². The zero-order valence-corrected chi connectivity index (χ0v) is 17.9. The van der Waals surface area contributed by atoms with Gasteiger partial charge in [0.2, 0.25) is 0 Å². The number of hydrogen-bond donors (Lipinski definition) is 1. The SMILES string of the molecule is CC(C)c1ccc(CCNC(=O)COC(=O)c2cnc3c(cnn3C(C)C)c2)cc1. The van der Waals surface area contributed by atoms with Crippen molar-refractivity contribution >= 4 is 22.9 Å². The largest absolute Gasteiger partial charge is 0.452 e. The van der Waals surface area contributed by atoms with E-state index in [-0.39, 0.29) is 18.6 Å². The number of aromatic nitrogens is 3. The Morgan fingerprint density at radius 3 is 2.50 bits per heavy atom. The molecular formula is C23H28N4O3. The molecule has 2 heterocycles. The molecule has 158 valence electrons.